The number of carbonyl (C=O) groups is 1. The summed E-state index contributed by atoms with van der Waals surface area (Å²) in [4.78, 5) is 13.5. The van der Waals surface area contributed by atoms with Crippen LogP contribution in [0.25, 0.3) is 10.1 Å². The Kier molecular flexibility index (Phi) is 4.63. The third-order valence-electron chi connectivity index (χ3n) is 5.14. The Balaban J connectivity index is 1.45. The van der Waals surface area contributed by atoms with Crippen LogP contribution in [0.15, 0.2) is 42.5 Å². The van der Waals surface area contributed by atoms with E-state index in [-0.39, 0.29) is 11.9 Å². The molecule has 0 atom stereocenters. The molecular formula is C21H20ClNO2S. The molecule has 1 amide bonds. The second-order valence-electron chi connectivity index (χ2n) is 6.81. The Hall–Kier alpha value is -2.04. The van der Waals surface area contributed by atoms with Crippen LogP contribution in [0.3, 0.4) is 0 Å². The lowest BCUT2D eigenvalue weighted by molar-refractivity contribution is 0.0912. The van der Waals surface area contributed by atoms with E-state index in [0.29, 0.717) is 5.92 Å². The number of aryl methyl sites for hydroxylation is 1. The van der Waals surface area contributed by atoms with Crippen LogP contribution < -0.4 is 10.1 Å². The van der Waals surface area contributed by atoms with Crippen molar-refractivity contribution >= 4 is 38.9 Å². The monoisotopic (exact) mass is 385 g/mol. The summed E-state index contributed by atoms with van der Waals surface area (Å²) in [5, 5.41) is 5.04. The van der Waals surface area contributed by atoms with Crippen molar-refractivity contribution in [2.45, 2.75) is 31.7 Å². The van der Waals surface area contributed by atoms with Crippen LogP contribution in [0.4, 0.5) is 0 Å². The molecule has 2 aromatic carbocycles. The number of halogens is 1. The quantitative estimate of drug-likeness (QED) is 0.639. The largest absolute Gasteiger partial charge is 0.497 e. The topological polar surface area (TPSA) is 38.3 Å². The zero-order valence-electron chi connectivity index (χ0n) is 14.7. The van der Waals surface area contributed by atoms with E-state index in [1.165, 1.54) is 5.56 Å². The summed E-state index contributed by atoms with van der Waals surface area (Å²) >= 11 is 7.61. The number of hydrogen-bond donors (Lipinski definition) is 1. The molecule has 1 fully saturated rings. The van der Waals surface area contributed by atoms with Crippen LogP contribution in [0, 0.1) is 6.92 Å². The molecular weight excluding hydrogens is 366 g/mol. The number of rotatable bonds is 4. The van der Waals surface area contributed by atoms with Crippen LogP contribution in [0.2, 0.25) is 5.02 Å². The van der Waals surface area contributed by atoms with Gasteiger partial charge in [0.25, 0.3) is 5.91 Å². The van der Waals surface area contributed by atoms with Gasteiger partial charge < -0.3 is 10.1 Å². The number of benzene rings is 2. The molecule has 1 aromatic heterocycles. The van der Waals surface area contributed by atoms with Gasteiger partial charge in [0, 0.05) is 15.8 Å². The number of methoxy groups -OCH3 is 1. The van der Waals surface area contributed by atoms with Gasteiger partial charge in [0.15, 0.2) is 0 Å². The first-order valence-corrected chi connectivity index (χ1v) is 9.88. The highest BCUT2D eigenvalue weighted by molar-refractivity contribution is 7.21. The van der Waals surface area contributed by atoms with Crippen molar-refractivity contribution in [2.75, 3.05) is 7.11 Å². The second kappa shape index (κ2) is 6.93. The summed E-state index contributed by atoms with van der Waals surface area (Å²) in [6.45, 7) is 2.00. The van der Waals surface area contributed by atoms with Gasteiger partial charge in [-0.05, 0) is 72.5 Å². The van der Waals surface area contributed by atoms with E-state index in [0.717, 1.165) is 44.1 Å². The van der Waals surface area contributed by atoms with Crippen molar-refractivity contribution < 1.29 is 9.53 Å². The van der Waals surface area contributed by atoms with Crippen molar-refractivity contribution in [2.24, 2.45) is 0 Å². The van der Waals surface area contributed by atoms with E-state index in [1.54, 1.807) is 18.4 Å². The van der Waals surface area contributed by atoms with Gasteiger partial charge in [0.05, 0.1) is 12.0 Å². The Labute approximate surface area is 161 Å². The van der Waals surface area contributed by atoms with Crippen LogP contribution in [-0.2, 0) is 0 Å². The predicted octanol–water partition coefficient (Wildman–Crippen LogP) is 5.55. The summed E-state index contributed by atoms with van der Waals surface area (Å²) in [7, 11) is 1.66. The molecule has 0 saturated heterocycles. The highest BCUT2D eigenvalue weighted by Crippen LogP contribution is 2.38. The Morgan fingerprint density at radius 1 is 1.23 bits per heavy atom. The molecule has 5 heteroatoms. The number of carbonyl (C=O) groups excluding carboxylic acids is 1. The van der Waals surface area contributed by atoms with Gasteiger partial charge in [-0.25, -0.2) is 0 Å². The molecule has 0 aliphatic heterocycles. The predicted molar refractivity (Wildman–Crippen MR) is 108 cm³/mol. The van der Waals surface area contributed by atoms with Crippen LogP contribution in [0.5, 0.6) is 5.75 Å². The third kappa shape index (κ3) is 3.19. The van der Waals surface area contributed by atoms with Crippen molar-refractivity contribution in [3.05, 3.63) is 63.5 Å². The van der Waals surface area contributed by atoms with Crippen molar-refractivity contribution in [3.63, 3.8) is 0 Å². The number of amides is 1. The molecule has 1 heterocycles. The van der Waals surface area contributed by atoms with Gasteiger partial charge in [0.1, 0.15) is 5.75 Å². The summed E-state index contributed by atoms with van der Waals surface area (Å²) in [6.07, 6.45) is 1.92. The molecule has 1 aliphatic rings. The fourth-order valence-electron chi connectivity index (χ4n) is 3.56. The molecule has 0 spiro atoms. The minimum atomic E-state index is 0.0252. The van der Waals surface area contributed by atoms with Gasteiger partial charge in [0.2, 0.25) is 0 Å². The first-order chi connectivity index (χ1) is 12.5. The smallest absolute Gasteiger partial charge is 0.261 e. The third-order valence-corrected chi connectivity index (χ3v) is 6.65. The van der Waals surface area contributed by atoms with Gasteiger partial charge in [-0.2, -0.15) is 0 Å². The summed E-state index contributed by atoms with van der Waals surface area (Å²) in [6, 6.07) is 14.2. The highest BCUT2D eigenvalue weighted by Gasteiger charge is 2.32. The number of hydrogen-bond acceptors (Lipinski definition) is 3. The summed E-state index contributed by atoms with van der Waals surface area (Å²) < 4.78 is 6.41. The normalized spacial score (nSPS) is 19.2. The van der Waals surface area contributed by atoms with Gasteiger partial charge >= 0.3 is 0 Å². The maximum Gasteiger partial charge on any atom is 0.261 e. The van der Waals surface area contributed by atoms with E-state index in [1.807, 2.05) is 43.3 Å². The molecule has 0 unspecified atom stereocenters. The lowest BCUT2D eigenvalue weighted by Crippen LogP contribution is -2.43. The molecule has 3 aromatic rings. The average molecular weight is 386 g/mol. The summed E-state index contributed by atoms with van der Waals surface area (Å²) in [5.74, 6) is 1.32. The van der Waals surface area contributed by atoms with E-state index < -0.39 is 0 Å². The van der Waals surface area contributed by atoms with Crippen LogP contribution in [-0.4, -0.2) is 19.1 Å². The Morgan fingerprint density at radius 3 is 2.77 bits per heavy atom. The van der Waals surface area contributed by atoms with E-state index in [4.69, 9.17) is 16.3 Å². The van der Waals surface area contributed by atoms with Gasteiger partial charge in [-0.1, -0.05) is 23.7 Å². The van der Waals surface area contributed by atoms with E-state index in [9.17, 15) is 4.79 Å². The van der Waals surface area contributed by atoms with Crippen molar-refractivity contribution in [1.82, 2.24) is 5.32 Å². The molecule has 26 heavy (non-hydrogen) atoms. The molecule has 3 nitrogen and oxygen atoms in total. The molecule has 1 N–H and O–H groups in total. The van der Waals surface area contributed by atoms with Gasteiger partial charge in [-0.15, -0.1) is 11.3 Å². The minimum Gasteiger partial charge on any atom is -0.497 e. The fraction of sp³-hybridized carbons (Fsp3) is 0.286. The molecule has 134 valence electrons. The standard InChI is InChI=1S/C21H20ClNO2S/c1-12-18-11-17(25-2)6-7-19(18)26-20(12)21(24)23-16-9-14(10-16)13-4-3-5-15(22)8-13/h3-8,11,14,16H,9-10H2,1-2H3,(H,23,24). The first-order valence-electron chi connectivity index (χ1n) is 8.68. The number of ether oxygens (including phenoxy) is 1. The molecule has 1 aliphatic carbocycles. The van der Waals surface area contributed by atoms with E-state index >= 15 is 0 Å². The highest BCUT2D eigenvalue weighted by atomic mass is 35.5. The Bertz CT molecular complexity index is 975. The maximum atomic E-state index is 12.7. The molecule has 4 rings (SSSR count). The maximum absolute atomic E-state index is 12.7. The number of nitrogens with one attached hydrogen (secondary N) is 1. The average Bonchev–Trinajstić information content (AvgIpc) is 2.94. The summed E-state index contributed by atoms with van der Waals surface area (Å²) in [5.41, 5.74) is 2.28. The lowest BCUT2D eigenvalue weighted by atomic mass is 9.76. The first kappa shape index (κ1) is 17.4. The molecule has 0 bridgehead atoms. The van der Waals surface area contributed by atoms with Gasteiger partial charge in [-0.3, -0.25) is 4.79 Å². The number of fused-ring (bicyclic) bond motifs is 1. The zero-order valence-corrected chi connectivity index (χ0v) is 16.3. The minimum absolute atomic E-state index is 0.0252. The molecule has 1 saturated carbocycles. The zero-order chi connectivity index (χ0) is 18.3. The Morgan fingerprint density at radius 2 is 2.04 bits per heavy atom. The van der Waals surface area contributed by atoms with Crippen LogP contribution in [0.1, 0.15) is 39.6 Å². The fourth-order valence-corrected chi connectivity index (χ4v) is 4.85. The van der Waals surface area contributed by atoms with E-state index in [2.05, 4.69) is 11.4 Å². The molecule has 0 radical (unpaired) electrons. The SMILES string of the molecule is COc1ccc2sc(C(=O)NC3CC(c4cccc(Cl)c4)C3)c(C)c2c1. The second-order valence-corrected chi connectivity index (χ2v) is 8.30. The van der Waals surface area contributed by atoms with Crippen LogP contribution >= 0.6 is 22.9 Å². The van der Waals surface area contributed by atoms with Crippen molar-refractivity contribution in [1.29, 1.82) is 0 Å². The van der Waals surface area contributed by atoms with Crippen molar-refractivity contribution in [3.8, 4) is 5.75 Å². The lowest BCUT2D eigenvalue weighted by Gasteiger charge is -2.36. The number of thiophene rings is 1.